The lowest BCUT2D eigenvalue weighted by Gasteiger charge is -1.98. The lowest BCUT2D eigenvalue weighted by molar-refractivity contribution is 0.432. The normalized spacial score (nSPS) is 10.2. The van der Waals surface area contributed by atoms with Crippen molar-refractivity contribution in [2.24, 2.45) is 0 Å². The fraction of sp³-hybridized carbons (Fsp3) is 0. The highest BCUT2D eigenvalue weighted by Gasteiger charge is 2.16. The van der Waals surface area contributed by atoms with Crippen molar-refractivity contribution in [3.05, 3.63) is 54.1 Å². The summed E-state index contributed by atoms with van der Waals surface area (Å²) < 4.78 is 18.6. The Balaban J connectivity index is 2.08. The van der Waals surface area contributed by atoms with Gasteiger partial charge in [0.05, 0.1) is 5.56 Å². The molecule has 0 radical (unpaired) electrons. The van der Waals surface area contributed by atoms with E-state index in [4.69, 9.17) is 9.78 Å². The molecule has 2 aromatic heterocycles. The summed E-state index contributed by atoms with van der Waals surface area (Å²) in [5.74, 6) is -0.155. The highest BCUT2D eigenvalue weighted by Crippen LogP contribution is 2.25. The molecule has 0 aliphatic heterocycles. The van der Waals surface area contributed by atoms with Crippen LogP contribution in [0.4, 0.5) is 4.39 Å². The van der Waals surface area contributed by atoms with Crippen LogP contribution in [0.15, 0.2) is 47.2 Å². The zero-order valence-corrected chi connectivity index (χ0v) is 10.1. The first kappa shape index (κ1) is 12.0. The Morgan fingerprint density at radius 3 is 2.70 bits per heavy atom. The largest absolute Gasteiger partial charge is 0.334 e. The number of nitriles is 1. The van der Waals surface area contributed by atoms with Crippen LogP contribution < -0.4 is 0 Å². The minimum absolute atomic E-state index is 0.105. The van der Waals surface area contributed by atoms with Gasteiger partial charge < -0.3 is 4.52 Å². The molecule has 20 heavy (non-hydrogen) atoms. The maximum absolute atomic E-state index is 13.5. The van der Waals surface area contributed by atoms with E-state index < -0.39 is 5.82 Å². The second kappa shape index (κ2) is 4.90. The van der Waals surface area contributed by atoms with Crippen molar-refractivity contribution in [2.75, 3.05) is 0 Å². The Labute approximate surface area is 113 Å². The summed E-state index contributed by atoms with van der Waals surface area (Å²) in [5.41, 5.74) is 0.891. The van der Waals surface area contributed by atoms with Gasteiger partial charge in [-0.25, -0.2) is 4.39 Å². The van der Waals surface area contributed by atoms with E-state index in [0.29, 0.717) is 5.82 Å². The number of halogens is 1. The molecule has 0 amide bonds. The van der Waals surface area contributed by atoms with Gasteiger partial charge >= 0.3 is 0 Å². The van der Waals surface area contributed by atoms with Crippen molar-refractivity contribution >= 4 is 0 Å². The Morgan fingerprint density at radius 2 is 1.95 bits per heavy atom. The minimum atomic E-state index is -0.617. The minimum Gasteiger partial charge on any atom is -0.334 e. The number of nitrogens with zero attached hydrogens (tertiary/aromatic N) is 4. The van der Waals surface area contributed by atoms with E-state index >= 15 is 0 Å². The van der Waals surface area contributed by atoms with Gasteiger partial charge in [0.1, 0.15) is 17.4 Å². The first-order valence-electron chi connectivity index (χ1n) is 5.72. The van der Waals surface area contributed by atoms with Crippen LogP contribution in [0.1, 0.15) is 5.56 Å². The molecule has 5 nitrogen and oxygen atoms in total. The average Bonchev–Trinajstić information content (AvgIpc) is 2.97. The summed E-state index contributed by atoms with van der Waals surface area (Å²) in [6.07, 6.45) is 3.21. The van der Waals surface area contributed by atoms with Crippen molar-refractivity contribution in [3.8, 4) is 28.9 Å². The average molecular weight is 266 g/mol. The number of rotatable bonds is 2. The molecule has 0 saturated heterocycles. The molecule has 2 heterocycles. The molecule has 1 aromatic carbocycles. The maximum Gasteiger partial charge on any atom is 0.259 e. The highest BCUT2D eigenvalue weighted by atomic mass is 19.1. The van der Waals surface area contributed by atoms with Gasteiger partial charge in [-0.05, 0) is 24.3 Å². The van der Waals surface area contributed by atoms with Gasteiger partial charge in [0.2, 0.25) is 5.82 Å². The third-order valence-corrected chi connectivity index (χ3v) is 2.72. The maximum atomic E-state index is 13.5. The van der Waals surface area contributed by atoms with E-state index in [2.05, 4.69) is 15.1 Å². The Bertz CT molecular complexity index is 792. The van der Waals surface area contributed by atoms with E-state index in [-0.39, 0.29) is 17.0 Å². The Hall–Kier alpha value is -3.07. The standard InChI is InChI=1S/C14H7FN4O/c15-12-3-1-2-10(11(12)8-16)14-18-13(19-20-14)9-4-6-17-7-5-9/h1-7H. The lowest BCUT2D eigenvalue weighted by Crippen LogP contribution is -1.89. The summed E-state index contributed by atoms with van der Waals surface area (Å²) in [7, 11) is 0. The van der Waals surface area contributed by atoms with Crippen molar-refractivity contribution in [3.63, 3.8) is 0 Å². The summed E-state index contributed by atoms with van der Waals surface area (Å²) in [4.78, 5) is 8.07. The molecule has 6 heteroatoms. The quantitative estimate of drug-likeness (QED) is 0.712. The van der Waals surface area contributed by atoms with Crippen LogP contribution in [0.25, 0.3) is 22.8 Å². The molecular weight excluding hydrogens is 259 g/mol. The van der Waals surface area contributed by atoms with E-state index in [9.17, 15) is 4.39 Å². The molecule has 0 aliphatic rings. The van der Waals surface area contributed by atoms with Gasteiger partial charge in [0.25, 0.3) is 5.89 Å². The van der Waals surface area contributed by atoms with Crippen molar-refractivity contribution in [1.29, 1.82) is 5.26 Å². The van der Waals surface area contributed by atoms with Gasteiger partial charge in [0.15, 0.2) is 0 Å². The molecule has 0 aliphatic carbocycles. The molecule has 0 atom stereocenters. The van der Waals surface area contributed by atoms with Crippen LogP contribution in [-0.2, 0) is 0 Å². The van der Waals surface area contributed by atoms with Crippen molar-refractivity contribution in [2.45, 2.75) is 0 Å². The monoisotopic (exact) mass is 266 g/mol. The van der Waals surface area contributed by atoms with Gasteiger partial charge in [-0.3, -0.25) is 4.98 Å². The van der Waals surface area contributed by atoms with Gasteiger partial charge in [-0.2, -0.15) is 10.2 Å². The number of hydrogen-bond acceptors (Lipinski definition) is 5. The molecule has 3 rings (SSSR count). The molecule has 0 N–H and O–H groups in total. The number of benzene rings is 1. The van der Waals surface area contributed by atoms with Crippen LogP contribution in [0.2, 0.25) is 0 Å². The highest BCUT2D eigenvalue weighted by molar-refractivity contribution is 5.65. The predicted octanol–water partition coefficient (Wildman–Crippen LogP) is 2.81. The number of hydrogen-bond donors (Lipinski definition) is 0. The smallest absolute Gasteiger partial charge is 0.259 e. The van der Waals surface area contributed by atoms with E-state index in [0.717, 1.165) is 5.56 Å². The fourth-order valence-electron chi connectivity index (χ4n) is 1.77. The molecule has 0 saturated carbocycles. The first-order chi connectivity index (χ1) is 9.79. The van der Waals surface area contributed by atoms with Gasteiger partial charge in [-0.15, -0.1) is 0 Å². The first-order valence-corrected chi connectivity index (χ1v) is 5.72. The Kier molecular flexibility index (Phi) is 2.94. The third-order valence-electron chi connectivity index (χ3n) is 2.72. The van der Waals surface area contributed by atoms with Crippen molar-refractivity contribution in [1.82, 2.24) is 15.1 Å². The number of aromatic nitrogens is 3. The summed E-state index contributed by atoms with van der Waals surface area (Å²) >= 11 is 0. The molecular formula is C14H7FN4O. The summed E-state index contributed by atoms with van der Waals surface area (Å²) in [6.45, 7) is 0. The zero-order chi connectivity index (χ0) is 13.9. The van der Waals surface area contributed by atoms with Crippen molar-refractivity contribution < 1.29 is 8.91 Å². The summed E-state index contributed by atoms with van der Waals surface area (Å²) in [6, 6.07) is 9.51. The topological polar surface area (TPSA) is 75.6 Å². The molecule has 96 valence electrons. The number of pyridine rings is 1. The van der Waals surface area contributed by atoms with Gasteiger partial charge in [0, 0.05) is 18.0 Å². The molecule has 3 aromatic rings. The predicted molar refractivity (Wildman–Crippen MR) is 67.6 cm³/mol. The van der Waals surface area contributed by atoms with Crippen LogP contribution >= 0.6 is 0 Å². The van der Waals surface area contributed by atoms with Crippen LogP contribution in [0, 0.1) is 17.1 Å². The lowest BCUT2D eigenvalue weighted by atomic mass is 10.1. The Morgan fingerprint density at radius 1 is 1.15 bits per heavy atom. The second-order valence-corrected chi connectivity index (χ2v) is 3.93. The summed E-state index contributed by atoms with van der Waals surface area (Å²) in [5, 5.41) is 12.8. The molecule has 0 fully saturated rings. The third kappa shape index (κ3) is 2.01. The fourth-order valence-corrected chi connectivity index (χ4v) is 1.77. The van der Waals surface area contributed by atoms with Crippen LogP contribution in [-0.4, -0.2) is 15.1 Å². The molecule has 0 unspecified atom stereocenters. The molecule has 0 bridgehead atoms. The molecule has 0 spiro atoms. The van der Waals surface area contributed by atoms with E-state index in [1.165, 1.54) is 12.1 Å². The van der Waals surface area contributed by atoms with Crippen LogP contribution in [0.3, 0.4) is 0 Å². The van der Waals surface area contributed by atoms with E-state index in [1.807, 2.05) is 0 Å². The zero-order valence-electron chi connectivity index (χ0n) is 10.1. The van der Waals surface area contributed by atoms with Crippen LogP contribution in [0.5, 0.6) is 0 Å². The van der Waals surface area contributed by atoms with Gasteiger partial charge in [-0.1, -0.05) is 11.2 Å². The van der Waals surface area contributed by atoms with E-state index in [1.54, 1.807) is 36.7 Å². The SMILES string of the molecule is N#Cc1c(F)cccc1-c1nc(-c2ccncc2)no1. The second-order valence-electron chi connectivity index (χ2n) is 3.93.